The van der Waals surface area contributed by atoms with Gasteiger partial charge in [-0.1, -0.05) is 17.7 Å². The Kier molecular flexibility index (Phi) is 10.0. The summed E-state index contributed by atoms with van der Waals surface area (Å²) in [6.45, 7) is 0. The highest BCUT2D eigenvalue weighted by atomic mass is 35.5. The van der Waals surface area contributed by atoms with Crippen LogP contribution >= 0.6 is 23.4 Å². The van der Waals surface area contributed by atoms with Crippen LogP contribution in [-0.4, -0.2) is 32.6 Å². The number of hydrogen-bond acceptors (Lipinski definition) is 6. The largest absolute Gasteiger partial charge is 0.496 e. The monoisotopic (exact) mass is 432 g/mol. The zero-order valence-corrected chi connectivity index (χ0v) is 17.3. The van der Waals surface area contributed by atoms with Gasteiger partial charge >= 0.3 is 0 Å². The third-order valence-corrected chi connectivity index (χ3v) is 4.87. The summed E-state index contributed by atoms with van der Waals surface area (Å²) in [6.07, 6.45) is -1.99. The maximum atomic E-state index is 12.9. The molecule has 4 N–H and O–H groups in total. The molecule has 6 nitrogen and oxygen atoms in total. The van der Waals surface area contributed by atoms with Crippen molar-refractivity contribution >= 4 is 35.5 Å². The number of rotatable bonds is 7. The number of methoxy groups -OCH3 is 1. The van der Waals surface area contributed by atoms with Gasteiger partial charge in [0.15, 0.2) is 0 Å². The minimum atomic E-state index is -2.52. The lowest BCUT2D eigenvalue weighted by Gasteiger charge is -2.18. The topological polar surface area (TPSA) is 84.8 Å². The molecule has 0 fully saturated rings. The molecule has 0 aromatic heterocycles. The van der Waals surface area contributed by atoms with Gasteiger partial charge in [-0.25, -0.2) is 20.5 Å². The zero-order chi connectivity index (χ0) is 21.3. The number of hydrazine groups is 2. The van der Waals surface area contributed by atoms with Crippen molar-refractivity contribution in [2.45, 2.75) is 17.1 Å². The van der Waals surface area contributed by atoms with Gasteiger partial charge in [-0.15, -0.1) is 11.8 Å². The number of hydrogen-bond donors (Lipinski definition) is 2. The van der Waals surface area contributed by atoms with E-state index in [4.69, 9.17) is 28.0 Å². The molecule has 0 bridgehead atoms. The third kappa shape index (κ3) is 7.16. The summed E-state index contributed by atoms with van der Waals surface area (Å²) >= 11 is 7.63. The molecule has 0 saturated heterocycles. The quantitative estimate of drug-likeness (QED) is 0.227. The Morgan fingerprint density at radius 2 is 1.89 bits per heavy atom. The Labute approximate surface area is 172 Å². The number of nitrogens with two attached hydrogens (primary N) is 2. The van der Waals surface area contributed by atoms with Crippen LogP contribution in [0.15, 0.2) is 41.3 Å². The highest BCUT2D eigenvalue weighted by molar-refractivity contribution is 7.98. The highest BCUT2D eigenvalue weighted by Gasteiger charge is 2.14. The fourth-order valence-corrected chi connectivity index (χ4v) is 3.54. The van der Waals surface area contributed by atoms with Crippen LogP contribution in [0.4, 0.5) is 14.5 Å². The van der Waals surface area contributed by atoms with E-state index in [2.05, 4.69) is 0 Å². The summed E-state index contributed by atoms with van der Waals surface area (Å²) in [5.74, 6) is 11.6. The van der Waals surface area contributed by atoms with Gasteiger partial charge in [0.1, 0.15) is 5.75 Å². The van der Waals surface area contributed by atoms with Gasteiger partial charge < -0.3 is 9.75 Å². The minimum absolute atomic E-state index is 0.0383. The molecular formula is C18H23ClF2N4O2S. The lowest BCUT2D eigenvalue weighted by Crippen LogP contribution is -2.26. The van der Waals surface area contributed by atoms with E-state index in [-0.39, 0.29) is 5.56 Å². The summed E-state index contributed by atoms with van der Waals surface area (Å²) in [5.41, 5.74) is 1.59. The van der Waals surface area contributed by atoms with Gasteiger partial charge in [0.2, 0.25) is 6.41 Å². The number of thioether (sulfide) groups is 1. The molecule has 154 valence electrons. The van der Waals surface area contributed by atoms with Crippen LogP contribution in [0.3, 0.4) is 0 Å². The number of anilines is 1. The van der Waals surface area contributed by atoms with Crippen molar-refractivity contribution in [3.8, 4) is 5.75 Å². The molecule has 0 aliphatic carbocycles. The van der Waals surface area contributed by atoms with Crippen LogP contribution in [0.25, 0.3) is 0 Å². The van der Waals surface area contributed by atoms with E-state index in [1.165, 1.54) is 43.1 Å². The molecule has 1 amide bonds. The molecule has 2 aromatic carbocycles. The van der Waals surface area contributed by atoms with E-state index in [9.17, 15) is 13.6 Å². The predicted molar refractivity (Wildman–Crippen MR) is 110 cm³/mol. The molecule has 0 spiro atoms. The molecule has 0 heterocycles. The lowest BCUT2D eigenvalue weighted by atomic mass is 10.2. The van der Waals surface area contributed by atoms with Crippen molar-refractivity contribution in [1.82, 2.24) is 5.01 Å². The van der Waals surface area contributed by atoms with Crippen LogP contribution in [-0.2, 0) is 10.5 Å². The van der Waals surface area contributed by atoms with Gasteiger partial charge in [-0.05, 0) is 30.3 Å². The Bertz CT molecular complexity index is 779. The van der Waals surface area contributed by atoms with Crippen molar-refractivity contribution in [2.24, 2.45) is 11.7 Å². The molecule has 0 atom stereocenters. The summed E-state index contributed by atoms with van der Waals surface area (Å²) in [7, 11) is 4.70. The van der Waals surface area contributed by atoms with Crippen LogP contribution in [0.2, 0.25) is 5.02 Å². The van der Waals surface area contributed by atoms with Gasteiger partial charge in [0.05, 0.1) is 17.7 Å². The molecule has 0 radical (unpaired) electrons. The number of benzene rings is 2. The summed E-state index contributed by atoms with van der Waals surface area (Å²) in [4.78, 5) is 9.94. The Hall–Kier alpha value is -2.07. The summed E-state index contributed by atoms with van der Waals surface area (Å²) in [6, 6.07) is 9.80. The van der Waals surface area contributed by atoms with E-state index in [0.29, 0.717) is 27.8 Å². The molecule has 0 aliphatic rings. The Morgan fingerprint density at radius 1 is 1.25 bits per heavy atom. The fourth-order valence-electron chi connectivity index (χ4n) is 2.11. The van der Waals surface area contributed by atoms with Crippen molar-refractivity contribution < 1.29 is 18.3 Å². The van der Waals surface area contributed by atoms with E-state index in [1.54, 1.807) is 19.2 Å². The minimum Gasteiger partial charge on any atom is -0.496 e. The van der Waals surface area contributed by atoms with Crippen LogP contribution in [0.1, 0.15) is 17.6 Å². The van der Waals surface area contributed by atoms with Crippen molar-refractivity contribution in [2.75, 3.05) is 26.2 Å². The molecule has 0 saturated carbocycles. The van der Waals surface area contributed by atoms with Gasteiger partial charge in [-0.3, -0.25) is 9.80 Å². The SMILES string of the molecule is CN(N)C=O.COc1ccc(C(F)F)cc1SCc1c(Cl)cccc1N(C)N. The number of carbonyl (C=O) groups is 1. The number of halogens is 3. The first-order valence-electron chi connectivity index (χ1n) is 7.98. The average molecular weight is 433 g/mol. The normalized spacial score (nSPS) is 10.2. The second-order valence-electron chi connectivity index (χ2n) is 5.62. The second-order valence-corrected chi connectivity index (χ2v) is 7.04. The predicted octanol–water partition coefficient (Wildman–Crippen LogP) is 3.84. The number of nitrogens with zero attached hydrogens (tertiary/aromatic N) is 2. The van der Waals surface area contributed by atoms with E-state index < -0.39 is 6.43 Å². The Morgan fingerprint density at radius 3 is 2.39 bits per heavy atom. The van der Waals surface area contributed by atoms with Crippen LogP contribution in [0, 0.1) is 0 Å². The zero-order valence-electron chi connectivity index (χ0n) is 15.7. The first kappa shape index (κ1) is 24.0. The molecule has 28 heavy (non-hydrogen) atoms. The number of ether oxygens (including phenoxy) is 1. The molecule has 2 rings (SSSR count). The van der Waals surface area contributed by atoms with E-state index in [1.807, 2.05) is 12.1 Å². The third-order valence-electron chi connectivity index (χ3n) is 3.45. The van der Waals surface area contributed by atoms with Crippen molar-refractivity contribution in [3.63, 3.8) is 0 Å². The maximum absolute atomic E-state index is 12.9. The molecular weight excluding hydrogens is 410 g/mol. The van der Waals surface area contributed by atoms with Crippen molar-refractivity contribution in [3.05, 3.63) is 52.5 Å². The number of amides is 1. The smallest absolute Gasteiger partial charge is 0.263 e. The number of alkyl halides is 2. The Balaban J connectivity index is 0.000000696. The molecule has 0 unspecified atom stereocenters. The van der Waals surface area contributed by atoms with Crippen molar-refractivity contribution in [1.29, 1.82) is 0 Å². The van der Waals surface area contributed by atoms with Gasteiger partial charge in [0, 0.05) is 36.0 Å². The van der Waals surface area contributed by atoms with Gasteiger partial charge in [0.25, 0.3) is 6.43 Å². The first-order valence-corrected chi connectivity index (χ1v) is 9.35. The van der Waals surface area contributed by atoms with Crippen LogP contribution in [0.5, 0.6) is 5.75 Å². The summed E-state index contributed by atoms with van der Waals surface area (Å²) < 4.78 is 31.0. The lowest BCUT2D eigenvalue weighted by molar-refractivity contribution is -0.117. The second kappa shape index (κ2) is 11.7. The number of carbonyl (C=O) groups excluding carboxylic acids is 1. The molecule has 10 heteroatoms. The maximum Gasteiger partial charge on any atom is 0.263 e. The first-order chi connectivity index (χ1) is 13.2. The average Bonchev–Trinajstić information content (AvgIpc) is 2.66. The van der Waals surface area contributed by atoms with Crippen LogP contribution < -0.4 is 21.4 Å². The van der Waals surface area contributed by atoms with E-state index >= 15 is 0 Å². The van der Waals surface area contributed by atoms with E-state index in [0.717, 1.165) is 16.3 Å². The van der Waals surface area contributed by atoms with Gasteiger partial charge in [-0.2, -0.15) is 0 Å². The highest BCUT2D eigenvalue weighted by Crippen LogP contribution is 2.38. The molecule has 0 aliphatic heterocycles. The standard InChI is InChI=1S/C16H17ClF2N2OS.C2H6N2O/c1-21(20)13-5-3-4-12(17)11(13)9-23-15-8-10(16(18)19)6-7-14(15)22-2;1-4(3)2-5/h3-8,16H,9,20H2,1-2H3;2H,3H2,1H3. The fraction of sp³-hybridized carbons (Fsp3) is 0.278. The molecule has 2 aromatic rings. The summed E-state index contributed by atoms with van der Waals surface area (Å²) in [5, 5.41) is 3.01.